The van der Waals surface area contributed by atoms with Crippen molar-refractivity contribution in [2.45, 2.75) is 33.7 Å². The van der Waals surface area contributed by atoms with E-state index in [1.54, 1.807) is 12.1 Å². The number of ether oxygens (including phenoxy) is 1. The second kappa shape index (κ2) is 7.80. The van der Waals surface area contributed by atoms with Crippen LogP contribution in [0.25, 0.3) is 6.08 Å². The van der Waals surface area contributed by atoms with Gasteiger partial charge >= 0.3 is 0 Å². The Labute approximate surface area is 147 Å². The smallest absolute Gasteiger partial charge is 0.205 e. The summed E-state index contributed by atoms with van der Waals surface area (Å²) in [6.45, 7) is 6.70. The molecule has 0 amide bonds. The molecule has 2 aromatic rings. The average molecular weight is 340 g/mol. The van der Waals surface area contributed by atoms with Crippen molar-refractivity contribution in [1.82, 2.24) is 4.57 Å². The Balaban J connectivity index is 2.41. The number of hydrogen-bond donors (Lipinski definition) is 0. The van der Waals surface area contributed by atoms with Crippen LogP contribution in [-0.4, -0.2) is 17.5 Å². The van der Waals surface area contributed by atoms with Gasteiger partial charge in [0.1, 0.15) is 11.6 Å². The molecule has 0 fully saturated rings. The van der Waals surface area contributed by atoms with Crippen molar-refractivity contribution >= 4 is 11.9 Å². The van der Waals surface area contributed by atoms with Gasteiger partial charge < -0.3 is 9.30 Å². The topological polar surface area (TPSA) is 55.0 Å². The third-order valence-electron chi connectivity index (χ3n) is 4.12. The molecule has 0 unspecified atom stereocenters. The Kier molecular flexibility index (Phi) is 5.76. The first-order chi connectivity index (χ1) is 11.9. The number of nitrogens with zero attached hydrogens (tertiary/aromatic N) is 2. The summed E-state index contributed by atoms with van der Waals surface area (Å²) in [5, 5.41) is 9.40. The Morgan fingerprint density at radius 1 is 1.36 bits per heavy atom. The molecule has 1 heterocycles. The van der Waals surface area contributed by atoms with E-state index in [4.69, 9.17) is 4.74 Å². The SMILES string of the molecule is CCCn1c(C)cc(C(=O)/C(C#N)=C/c2ccc(OC)c(F)c2)c1C. The second-order valence-electron chi connectivity index (χ2n) is 5.83. The molecule has 5 heteroatoms. The zero-order valence-electron chi connectivity index (χ0n) is 14.9. The first-order valence-electron chi connectivity index (χ1n) is 8.09. The minimum atomic E-state index is -0.540. The zero-order valence-corrected chi connectivity index (χ0v) is 14.9. The molecule has 2 rings (SSSR count). The molecule has 0 spiro atoms. The lowest BCUT2D eigenvalue weighted by Gasteiger charge is -2.07. The number of carbonyl (C=O) groups is 1. The van der Waals surface area contributed by atoms with Crippen molar-refractivity contribution in [3.63, 3.8) is 0 Å². The van der Waals surface area contributed by atoms with E-state index in [0.29, 0.717) is 11.1 Å². The highest BCUT2D eigenvalue weighted by atomic mass is 19.1. The minimum absolute atomic E-state index is 0.0266. The Bertz CT molecular complexity index is 873. The molecule has 0 radical (unpaired) electrons. The first-order valence-corrected chi connectivity index (χ1v) is 8.09. The van der Waals surface area contributed by atoms with Crippen molar-refractivity contribution in [3.05, 3.63) is 58.2 Å². The number of Topliss-reactive ketones (excluding diaryl/α,β-unsaturated/α-hetero) is 1. The molecule has 0 saturated carbocycles. The number of hydrogen-bond acceptors (Lipinski definition) is 3. The molecule has 4 nitrogen and oxygen atoms in total. The summed E-state index contributed by atoms with van der Waals surface area (Å²) in [6, 6.07) is 8.04. The molecule has 1 aromatic carbocycles. The fraction of sp³-hybridized carbons (Fsp3) is 0.300. The van der Waals surface area contributed by atoms with Gasteiger partial charge in [-0.3, -0.25) is 4.79 Å². The summed E-state index contributed by atoms with van der Waals surface area (Å²) in [4.78, 5) is 12.8. The quantitative estimate of drug-likeness (QED) is 0.443. The standard InChI is InChI=1S/C20H21FN2O2/c1-5-8-23-13(2)9-17(14(23)3)20(24)16(12-22)10-15-6-7-19(25-4)18(21)11-15/h6-7,9-11H,5,8H2,1-4H3/b16-10+. The number of ketones is 1. The van der Waals surface area contributed by atoms with Crippen LogP contribution in [0.1, 0.15) is 40.7 Å². The van der Waals surface area contributed by atoms with Gasteiger partial charge in [0.15, 0.2) is 11.6 Å². The Hall–Kier alpha value is -2.87. The van der Waals surface area contributed by atoms with E-state index in [1.807, 2.05) is 19.9 Å². The van der Waals surface area contributed by atoms with Gasteiger partial charge in [0.05, 0.1) is 7.11 Å². The van der Waals surface area contributed by atoms with Crippen molar-refractivity contribution in [3.8, 4) is 11.8 Å². The predicted molar refractivity (Wildman–Crippen MR) is 95.1 cm³/mol. The van der Waals surface area contributed by atoms with Crippen LogP contribution in [-0.2, 0) is 6.54 Å². The highest BCUT2D eigenvalue weighted by molar-refractivity contribution is 6.14. The number of methoxy groups -OCH3 is 1. The van der Waals surface area contributed by atoms with E-state index < -0.39 is 5.82 Å². The number of carbonyl (C=O) groups excluding carboxylic acids is 1. The second-order valence-corrected chi connectivity index (χ2v) is 5.83. The van der Waals surface area contributed by atoms with Gasteiger partial charge in [-0.05, 0) is 50.1 Å². The lowest BCUT2D eigenvalue weighted by Crippen LogP contribution is -2.06. The average Bonchev–Trinajstić information content (AvgIpc) is 2.88. The van der Waals surface area contributed by atoms with Crippen molar-refractivity contribution < 1.29 is 13.9 Å². The summed E-state index contributed by atoms with van der Waals surface area (Å²) < 4.78 is 20.7. The predicted octanol–water partition coefficient (Wildman–Crippen LogP) is 4.45. The summed E-state index contributed by atoms with van der Waals surface area (Å²) >= 11 is 0. The number of aryl methyl sites for hydroxylation is 1. The molecule has 0 aliphatic carbocycles. The normalized spacial score (nSPS) is 11.3. The fourth-order valence-electron chi connectivity index (χ4n) is 2.83. The third-order valence-corrected chi connectivity index (χ3v) is 4.12. The van der Waals surface area contributed by atoms with Gasteiger partial charge in [-0.25, -0.2) is 4.39 Å². The Morgan fingerprint density at radius 3 is 2.64 bits per heavy atom. The summed E-state index contributed by atoms with van der Waals surface area (Å²) in [5.41, 5.74) is 2.74. The largest absolute Gasteiger partial charge is 0.494 e. The maximum atomic E-state index is 13.8. The molecule has 0 aliphatic heterocycles. The zero-order chi connectivity index (χ0) is 18.6. The van der Waals surface area contributed by atoms with Crippen molar-refractivity contribution in [2.24, 2.45) is 0 Å². The van der Waals surface area contributed by atoms with Crippen molar-refractivity contribution in [2.75, 3.05) is 7.11 Å². The molecule has 1 aromatic heterocycles. The van der Waals surface area contributed by atoms with Gasteiger partial charge in [-0.15, -0.1) is 0 Å². The van der Waals surface area contributed by atoms with Gasteiger partial charge in [-0.2, -0.15) is 5.26 Å². The molecular weight excluding hydrogens is 319 g/mol. The van der Waals surface area contributed by atoms with Crippen LogP contribution in [0.2, 0.25) is 0 Å². The third kappa shape index (κ3) is 3.80. The van der Waals surface area contributed by atoms with E-state index in [9.17, 15) is 14.4 Å². The number of rotatable bonds is 6. The number of allylic oxidation sites excluding steroid dienone is 1. The molecule has 130 valence electrons. The molecule has 0 bridgehead atoms. The van der Waals surface area contributed by atoms with E-state index in [0.717, 1.165) is 24.4 Å². The van der Waals surface area contributed by atoms with Gasteiger partial charge in [0.2, 0.25) is 5.78 Å². The summed E-state index contributed by atoms with van der Waals surface area (Å²) in [5.74, 6) is -0.776. The Morgan fingerprint density at radius 2 is 2.08 bits per heavy atom. The van der Waals surface area contributed by atoms with Gasteiger partial charge in [-0.1, -0.05) is 13.0 Å². The van der Waals surface area contributed by atoms with Crippen LogP contribution in [0, 0.1) is 31.0 Å². The van der Waals surface area contributed by atoms with E-state index >= 15 is 0 Å². The molecule has 0 aliphatic rings. The number of aromatic nitrogens is 1. The lowest BCUT2D eigenvalue weighted by molar-refractivity contribution is 0.103. The van der Waals surface area contributed by atoms with Gasteiger partial charge in [0, 0.05) is 23.5 Å². The highest BCUT2D eigenvalue weighted by Gasteiger charge is 2.19. The van der Waals surface area contributed by atoms with Crippen LogP contribution >= 0.6 is 0 Å². The number of halogens is 1. The first kappa shape index (κ1) is 18.5. The van der Waals surface area contributed by atoms with E-state index in [1.165, 1.54) is 25.3 Å². The lowest BCUT2D eigenvalue weighted by atomic mass is 10.0. The van der Waals surface area contributed by atoms with Gasteiger partial charge in [0.25, 0.3) is 0 Å². The number of nitriles is 1. The van der Waals surface area contributed by atoms with Crippen LogP contribution < -0.4 is 4.74 Å². The molecule has 25 heavy (non-hydrogen) atoms. The van der Waals surface area contributed by atoms with Crippen molar-refractivity contribution in [1.29, 1.82) is 5.26 Å². The maximum Gasteiger partial charge on any atom is 0.205 e. The fourth-order valence-corrected chi connectivity index (χ4v) is 2.83. The maximum absolute atomic E-state index is 13.8. The molecular formula is C20H21FN2O2. The van der Waals surface area contributed by atoms with E-state index in [-0.39, 0.29) is 17.1 Å². The highest BCUT2D eigenvalue weighted by Crippen LogP contribution is 2.22. The molecule has 0 N–H and O–H groups in total. The van der Waals surface area contributed by atoms with Crippen LogP contribution in [0.3, 0.4) is 0 Å². The molecule has 0 atom stereocenters. The summed E-state index contributed by atoms with van der Waals surface area (Å²) in [7, 11) is 1.38. The minimum Gasteiger partial charge on any atom is -0.494 e. The van der Waals surface area contributed by atoms with Crippen LogP contribution in [0.15, 0.2) is 29.8 Å². The van der Waals surface area contributed by atoms with E-state index in [2.05, 4.69) is 11.5 Å². The van der Waals surface area contributed by atoms with Crippen LogP contribution in [0.5, 0.6) is 5.75 Å². The summed E-state index contributed by atoms with van der Waals surface area (Å²) in [6.07, 6.45) is 2.35. The monoisotopic (exact) mass is 340 g/mol. The number of benzene rings is 1. The van der Waals surface area contributed by atoms with Crippen LogP contribution in [0.4, 0.5) is 4.39 Å². The molecule has 0 saturated heterocycles.